The van der Waals surface area contributed by atoms with Crippen molar-refractivity contribution in [2.45, 2.75) is 13.3 Å². The molecular weight excluding hydrogens is 332 g/mol. The molecule has 0 amide bonds. The molecule has 122 valence electrons. The molecule has 0 radical (unpaired) electrons. The fraction of sp³-hybridized carbons (Fsp3) is 0.133. The summed E-state index contributed by atoms with van der Waals surface area (Å²) in [6.07, 6.45) is -4.78. The molecule has 2 aromatic rings. The maximum Gasteiger partial charge on any atom is 0.573 e. The fourth-order valence-electron chi connectivity index (χ4n) is 1.79. The van der Waals surface area contributed by atoms with Crippen molar-refractivity contribution in [3.8, 4) is 5.75 Å². The third kappa shape index (κ3) is 5.41. The van der Waals surface area contributed by atoms with Gasteiger partial charge < -0.3 is 15.4 Å². The van der Waals surface area contributed by atoms with Crippen molar-refractivity contribution >= 4 is 28.7 Å². The maximum atomic E-state index is 13.6. The van der Waals surface area contributed by atoms with Crippen LogP contribution in [-0.4, -0.2) is 11.5 Å². The van der Waals surface area contributed by atoms with Crippen LogP contribution in [0.5, 0.6) is 5.75 Å². The summed E-state index contributed by atoms with van der Waals surface area (Å²) in [7, 11) is 0. The Morgan fingerprint density at radius 3 is 2.52 bits per heavy atom. The highest BCUT2D eigenvalue weighted by Gasteiger charge is 2.31. The summed E-state index contributed by atoms with van der Waals surface area (Å²) >= 11 is 5.02. The normalized spacial score (nSPS) is 11.0. The third-order valence-electron chi connectivity index (χ3n) is 2.70. The lowest BCUT2D eigenvalue weighted by molar-refractivity contribution is -0.274. The first kappa shape index (κ1) is 17.0. The van der Waals surface area contributed by atoms with E-state index in [1.54, 1.807) is 19.1 Å². The Balaban J connectivity index is 2.05. The summed E-state index contributed by atoms with van der Waals surface area (Å²) in [6, 6.07) is 9.63. The number of nitrogens with one attached hydrogen (secondary N) is 2. The predicted molar refractivity (Wildman–Crippen MR) is 84.1 cm³/mol. The van der Waals surface area contributed by atoms with Crippen molar-refractivity contribution in [3.05, 3.63) is 53.8 Å². The molecule has 8 heteroatoms. The number of benzene rings is 2. The van der Waals surface area contributed by atoms with Crippen molar-refractivity contribution in [1.29, 1.82) is 0 Å². The second kappa shape index (κ2) is 6.82. The lowest BCUT2D eigenvalue weighted by atomic mass is 10.2. The van der Waals surface area contributed by atoms with Crippen LogP contribution in [0.4, 0.5) is 28.9 Å². The molecule has 2 rings (SSSR count). The first-order valence-electron chi connectivity index (χ1n) is 6.43. The zero-order valence-corrected chi connectivity index (χ0v) is 12.7. The quantitative estimate of drug-likeness (QED) is 0.616. The van der Waals surface area contributed by atoms with Crippen LogP contribution in [0.1, 0.15) is 5.56 Å². The maximum absolute atomic E-state index is 13.6. The summed E-state index contributed by atoms with van der Waals surface area (Å²) in [4.78, 5) is 0. The number of ether oxygens (including phenoxy) is 1. The molecule has 2 aromatic carbocycles. The van der Waals surface area contributed by atoms with Gasteiger partial charge in [-0.1, -0.05) is 12.1 Å². The molecule has 0 spiro atoms. The average molecular weight is 344 g/mol. The number of thiocarbonyl (C=S) groups is 1. The number of alkyl halides is 3. The number of hydrogen-bond donors (Lipinski definition) is 2. The topological polar surface area (TPSA) is 33.3 Å². The molecule has 0 bridgehead atoms. The van der Waals surface area contributed by atoms with E-state index < -0.39 is 12.2 Å². The van der Waals surface area contributed by atoms with Crippen LogP contribution < -0.4 is 15.4 Å². The number of anilines is 2. The van der Waals surface area contributed by atoms with E-state index in [1.807, 2.05) is 0 Å². The smallest absolute Gasteiger partial charge is 0.406 e. The number of rotatable bonds is 3. The van der Waals surface area contributed by atoms with Crippen LogP contribution >= 0.6 is 12.2 Å². The molecule has 0 unspecified atom stereocenters. The lowest BCUT2D eigenvalue weighted by Gasteiger charge is -2.13. The summed E-state index contributed by atoms with van der Waals surface area (Å²) < 4.78 is 54.0. The van der Waals surface area contributed by atoms with Crippen molar-refractivity contribution < 1.29 is 22.3 Å². The van der Waals surface area contributed by atoms with Crippen LogP contribution in [0.15, 0.2) is 42.5 Å². The van der Waals surface area contributed by atoms with Crippen LogP contribution in [-0.2, 0) is 0 Å². The monoisotopic (exact) mass is 344 g/mol. The van der Waals surface area contributed by atoms with Gasteiger partial charge in [0.05, 0.1) is 5.69 Å². The second-order valence-corrected chi connectivity index (χ2v) is 5.05. The molecule has 0 aliphatic rings. The molecule has 0 atom stereocenters. The Hall–Kier alpha value is -2.35. The van der Waals surface area contributed by atoms with E-state index in [4.69, 9.17) is 12.2 Å². The summed E-state index contributed by atoms with van der Waals surface area (Å²) in [5, 5.41) is 5.36. The summed E-state index contributed by atoms with van der Waals surface area (Å²) in [5.41, 5.74) is 1.28. The molecule has 0 aliphatic carbocycles. The van der Waals surface area contributed by atoms with E-state index in [9.17, 15) is 17.6 Å². The van der Waals surface area contributed by atoms with Crippen LogP contribution in [0.25, 0.3) is 0 Å². The van der Waals surface area contributed by atoms with E-state index in [1.165, 1.54) is 18.2 Å². The van der Waals surface area contributed by atoms with Gasteiger partial charge in [0.1, 0.15) is 11.6 Å². The Bertz CT molecular complexity index is 719. The van der Waals surface area contributed by atoms with Gasteiger partial charge in [0.15, 0.2) is 5.11 Å². The van der Waals surface area contributed by atoms with E-state index in [2.05, 4.69) is 15.4 Å². The van der Waals surface area contributed by atoms with Gasteiger partial charge in [-0.05, 0) is 49.0 Å². The van der Waals surface area contributed by atoms with E-state index in [-0.39, 0.29) is 22.2 Å². The molecule has 0 saturated carbocycles. The molecule has 2 N–H and O–H groups in total. The number of hydrogen-bond acceptors (Lipinski definition) is 2. The highest BCUT2D eigenvalue weighted by Crippen LogP contribution is 2.25. The number of halogens is 4. The molecule has 0 aliphatic heterocycles. The molecule has 0 fully saturated rings. The van der Waals surface area contributed by atoms with Gasteiger partial charge in [-0.2, -0.15) is 0 Å². The Kier molecular flexibility index (Phi) is 5.05. The van der Waals surface area contributed by atoms with Crippen molar-refractivity contribution in [2.24, 2.45) is 0 Å². The van der Waals surface area contributed by atoms with Gasteiger partial charge >= 0.3 is 6.36 Å². The molecule has 0 saturated heterocycles. The molecule has 0 heterocycles. The minimum absolute atomic E-state index is 0.0404. The van der Waals surface area contributed by atoms with E-state index >= 15 is 0 Å². The van der Waals surface area contributed by atoms with Crippen LogP contribution in [0.2, 0.25) is 0 Å². The van der Waals surface area contributed by atoms with Gasteiger partial charge in [0.25, 0.3) is 0 Å². The SMILES string of the molecule is Cc1ccc(F)c(NC(=S)Nc2cccc(OC(F)(F)F)c2)c1. The minimum Gasteiger partial charge on any atom is -0.406 e. The van der Waals surface area contributed by atoms with E-state index in [0.717, 1.165) is 17.7 Å². The van der Waals surface area contributed by atoms with Gasteiger partial charge in [0, 0.05) is 11.8 Å². The van der Waals surface area contributed by atoms with Gasteiger partial charge in [-0.3, -0.25) is 0 Å². The average Bonchev–Trinajstić information content (AvgIpc) is 2.41. The minimum atomic E-state index is -4.78. The van der Waals surface area contributed by atoms with Gasteiger partial charge in [0.2, 0.25) is 0 Å². The van der Waals surface area contributed by atoms with Crippen LogP contribution in [0, 0.1) is 12.7 Å². The zero-order valence-electron chi connectivity index (χ0n) is 11.9. The molecular formula is C15H12F4N2OS. The van der Waals surface area contributed by atoms with Crippen molar-refractivity contribution in [3.63, 3.8) is 0 Å². The third-order valence-corrected chi connectivity index (χ3v) is 2.90. The zero-order chi connectivity index (χ0) is 17.0. The second-order valence-electron chi connectivity index (χ2n) is 4.64. The first-order chi connectivity index (χ1) is 10.7. The highest BCUT2D eigenvalue weighted by molar-refractivity contribution is 7.80. The van der Waals surface area contributed by atoms with Gasteiger partial charge in [-0.15, -0.1) is 13.2 Å². The Morgan fingerprint density at radius 1 is 1.09 bits per heavy atom. The van der Waals surface area contributed by atoms with Crippen molar-refractivity contribution in [1.82, 2.24) is 0 Å². The Labute approximate surface area is 135 Å². The lowest BCUT2D eigenvalue weighted by Crippen LogP contribution is -2.20. The highest BCUT2D eigenvalue weighted by atomic mass is 32.1. The van der Waals surface area contributed by atoms with Gasteiger partial charge in [-0.25, -0.2) is 4.39 Å². The van der Waals surface area contributed by atoms with Crippen LogP contribution in [0.3, 0.4) is 0 Å². The number of aryl methyl sites for hydroxylation is 1. The summed E-state index contributed by atoms with van der Waals surface area (Å²) in [5.74, 6) is -0.874. The fourth-order valence-corrected chi connectivity index (χ4v) is 2.02. The largest absolute Gasteiger partial charge is 0.573 e. The van der Waals surface area contributed by atoms with E-state index in [0.29, 0.717) is 0 Å². The molecule has 3 nitrogen and oxygen atoms in total. The summed E-state index contributed by atoms with van der Waals surface area (Å²) in [6.45, 7) is 1.79. The first-order valence-corrected chi connectivity index (χ1v) is 6.84. The molecule has 23 heavy (non-hydrogen) atoms. The standard InChI is InChI=1S/C15H12F4N2OS/c1-9-5-6-12(16)13(7-9)21-14(23)20-10-3-2-4-11(8-10)22-15(17,18)19/h2-8H,1H3,(H2,20,21,23). The molecule has 0 aromatic heterocycles. The Morgan fingerprint density at radius 2 is 1.83 bits per heavy atom. The predicted octanol–water partition coefficient (Wildman–Crippen LogP) is 4.84. The van der Waals surface area contributed by atoms with Crippen molar-refractivity contribution in [2.75, 3.05) is 10.6 Å².